The van der Waals surface area contributed by atoms with Gasteiger partial charge in [-0.2, -0.15) is 5.10 Å². The van der Waals surface area contributed by atoms with Gasteiger partial charge in [0.1, 0.15) is 5.69 Å². The van der Waals surface area contributed by atoms with E-state index in [1.54, 1.807) is 44.0 Å². The van der Waals surface area contributed by atoms with Crippen molar-refractivity contribution >= 4 is 32.6 Å². The number of methoxy groups -OCH3 is 1. The minimum atomic E-state index is -3.90. The largest absolute Gasteiger partial charge is 0.382 e. The van der Waals surface area contributed by atoms with Crippen molar-refractivity contribution in [2.75, 3.05) is 31.7 Å². The number of ether oxygens (including phenoxy) is 1. The molecule has 5 rings (SSSR count). The average molecular weight is 528 g/mol. The van der Waals surface area contributed by atoms with E-state index >= 15 is 0 Å². The van der Waals surface area contributed by atoms with Crippen LogP contribution in [0.1, 0.15) is 22.6 Å². The van der Waals surface area contributed by atoms with Crippen molar-refractivity contribution in [2.45, 2.75) is 28.7 Å². The van der Waals surface area contributed by atoms with Crippen LogP contribution in [-0.4, -0.2) is 71.4 Å². The lowest BCUT2D eigenvalue weighted by Crippen LogP contribution is -2.54. The predicted molar refractivity (Wildman–Crippen MR) is 133 cm³/mol. The van der Waals surface area contributed by atoms with Crippen molar-refractivity contribution in [1.82, 2.24) is 30.0 Å². The first-order valence-corrected chi connectivity index (χ1v) is 13.0. The Bertz CT molecular complexity index is 1580. The summed E-state index contributed by atoms with van der Waals surface area (Å²) in [4.78, 5) is 23.5. The standard InChI is InChI=1S/C24H26FN7O4S/c1-15-21(37(34,35)18-4-5-19-16(8-18)10-28-30-19)9-20(31(15)2)22(33)29-24(14-36-3)6-7-32(13-24)23-26-11-17(25)12-27-23/h4-5,8-12H,6-7,13-14H2,1-3H3,(H,28,30)(H,29,33). The number of amides is 1. The SMILES string of the molecule is COCC1(NC(=O)c2cc(S(=O)(=O)c3ccc4[nH]ncc4c3)c(C)n2C)CCN(c2ncc(F)cn2)C1. The average Bonchev–Trinajstić information content (AvgIpc) is 3.58. The molecule has 3 aromatic heterocycles. The molecule has 2 N–H and O–H groups in total. The molecular weight excluding hydrogens is 501 g/mol. The Morgan fingerprint density at radius 3 is 2.73 bits per heavy atom. The molecule has 0 aliphatic carbocycles. The van der Waals surface area contributed by atoms with E-state index in [4.69, 9.17) is 4.74 Å². The molecule has 4 aromatic rings. The van der Waals surface area contributed by atoms with E-state index in [1.807, 2.05) is 4.90 Å². The molecule has 0 bridgehead atoms. The quantitative estimate of drug-likeness (QED) is 0.373. The summed E-state index contributed by atoms with van der Waals surface area (Å²) < 4.78 is 47.2. The highest BCUT2D eigenvalue weighted by molar-refractivity contribution is 7.91. The topological polar surface area (TPSA) is 135 Å². The van der Waals surface area contributed by atoms with Gasteiger partial charge in [0.15, 0.2) is 5.82 Å². The lowest BCUT2D eigenvalue weighted by atomic mass is 9.99. The summed E-state index contributed by atoms with van der Waals surface area (Å²) in [7, 11) is -0.705. The zero-order chi connectivity index (χ0) is 26.4. The molecule has 194 valence electrons. The van der Waals surface area contributed by atoms with Crippen LogP contribution in [-0.2, 0) is 21.6 Å². The molecule has 0 spiro atoms. The minimum Gasteiger partial charge on any atom is -0.382 e. The van der Waals surface area contributed by atoms with Gasteiger partial charge in [0, 0.05) is 38.3 Å². The second kappa shape index (κ2) is 9.23. The summed E-state index contributed by atoms with van der Waals surface area (Å²) in [5.74, 6) is -0.614. The third kappa shape index (κ3) is 4.44. The van der Waals surface area contributed by atoms with Crippen LogP contribution in [0.2, 0.25) is 0 Å². The Balaban J connectivity index is 1.42. The molecule has 1 aliphatic heterocycles. The second-order valence-electron chi connectivity index (χ2n) is 9.20. The third-order valence-corrected chi connectivity index (χ3v) is 8.64. The fourth-order valence-electron chi connectivity index (χ4n) is 4.73. The van der Waals surface area contributed by atoms with Crippen molar-refractivity contribution in [2.24, 2.45) is 7.05 Å². The molecule has 0 saturated carbocycles. The molecule has 11 nitrogen and oxygen atoms in total. The lowest BCUT2D eigenvalue weighted by molar-refractivity contribution is 0.0787. The molecule has 1 fully saturated rings. The molecule has 4 heterocycles. The monoisotopic (exact) mass is 527 g/mol. The molecule has 1 aromatic carbocycles. The number of carbonyl (C=O) groups excluding carboxylic acids is 1. The van der Waals surface area contributed by atoms with Crippen molar-refractivity contribution in [1.29, 1.82) is 0 Å². The van der Waals surface area contributed by atoms with Crippen LogP contribution in [0, 0.1) is 12.7 Å². The number of benzene rings is 1. The first-order chi connectivity index (χ1) is 17.6. The highest BCUT2D eigenvalue weighted by Gasteiger charge is 2.41. The Kier molecular flexibility index (Phi) is 6.20. The minimum absolute atomic E-state index is 0.0524. The number of nitrogens with one attached hydrogen (secondary N) is 2. The number of aromatic amines is 1. The number of anilines is 1. The fourth-order valence-corrected chi connectivity index (χ4v) is 6.30. The van der Waals surface area contributed by atoms with E-state index in [1.165, 1.54) is 12.1 Å². The Morgan fingerprint density at radius 2 is 2.00 bits per heavy atom. The summed E-state index contributed by atoms with van der Waals surface area (Å²) >= 11 is 0. The normalized spacial score (nSPS) is 18.0. The lowest BCUT2D eigenvalue weighted by Gasteiger charge is -2.30. The smallest absolute Gasteiger partial charge is 0.268 e. The number of carbonyl (C=O) groups is 1. The van der Waals surface area contributed by atoms with Crippen LogP contribution in [0.4, 0.5) is 10.3 Å². The van der Waals surface area contributed by atoms with Crippen molar-refractivity contribution in [3.05, 3.63) is 60.1 Å². The second-order valence-corrected chi connectivity index (χ2v) is 11.1. The van der Waals surface area contributed by atoms with Crippen LogP contribution >= 0.6 is 0 Å². The van der Waals surface area contributed by atoms with Crippen molar-refractivity contribution in [3.63, 3.8) is 0 Å². The highest BCUT2D eigenvalue weighted by atomic mass is 32.2. The van der Waals surface area contributed by atoms with Gasteiger partial charge in [-0.05, 0) is 37.6 Å². The molecule has 1 saturated heterocycles. The third-order valence-electron chi connectivity index (χ3n) is 6.78. The Hall–Kier alpha value is -3.84. The number of halogens is 1. The number of hydrogen-bond donors (Lipinski definition) is 2. The van der Waals surface area contributed by atoms with Crippen LogP contribution in [0.15, 0.2) is 52.6 Å². The summed E-state index contributed by atoms with van der Waals surface area (Å²) in [6.45, 7) is 2.75. The number of aromatic nitrogens is 5. The number of H-pyrrole nitrogens is 1. The Labute approximate surface area is 212 Å². The number of rotatable bonds is 7. The maximum absolute atomic E-state index is 13.5. The van der Waals surface area contributed by atoms with Crippen molar-refractivity contribution < 1.29 is 22.3 Å². The molecule has 0 radical (unpaired) electrons. The number of sulfone groups is 1. The molecule has 37 heavy (non-hydrogen) atoms. The van der Waals surface area contributed by atoms with Gasteiger partial charge in [-0.15, -0.1) is 0 Å². The van der Waals surface area contributed by atoms with Crippen LogP contribution < -0.4 is 10.2 Å². The van der Waals surface area contributed by atoms with Gasteiger partial charge in [0.2, 0.25) is 15.8 Å². The fraction of sp³-hybridized carbons (Fsp3) is 0.333. The number of hydrogen-bond acceptors (Lipinski definition) is 8. The number of fused-ring (bicyclic) bond motifs is 1. The zero-order valence-electron chi connectivity index (χ0n) is 20.5. The van der Waals surface area contributed by atoms with E-state index in [0.29, 0.717) is 36.5 Å². The van der Waals surface area contributed by atoms with Gasteiger partial charge in [-0.25, -0.2) is 22.8 Å². The first-order valence-electron chi connectivity index (χ1n) is 11.5. The summed E-state index contributed by atoms with van der Waals surface area (Å²) in [6, 6.07) is 6.13. The van der Waals surface area contributed by atoms with Crippen LogP contribution in [0.5, 0.6) is 0 Å². The van der Waals surface area contributed by atoms with Gasteiger partial charge in [0.25, 0.3) is 5.91 Å². The highest BCUT2D eigenvalue weighted by Crippen LogP contribution is 2.30. The molecule has 1 unspecified atom stereocenters. The Morgan fingerprint density at radius 1 is 1.24 bits per heavy atom. The van der Waals surface area contributed by atoms with E-state index in [-0.39, 0.29) is 22.1 Å². The van der Waals surface area contributed by atoms with E-state index in [2.05, 4.69) is 25.5 Å². The van der Waals surface area contributed by atoms with Crippen LogP contribution in [0.25, 0.3) is 10.9 Å². The van der Waals surface area contributed by atoms with E-state index in [0.717, 1.165) is 17.9 Å². The van der Waals surface area contributed by atoms with Gasteiger partial charge in [0.05, 0.1) is 46.0 Å². The maximum atomic E-state index is 13.5. The summed E-state index contributed by atoms with van der Waals surface area (Å²) in [5.41, 5.74) is 0.593. The zero-order valence-corrected chi connectivity index (χ0v) is 21.3. The van der Waals surface area contributed by atoms with Gasteiger partial charge in [-0.3, -0.25) is 9.89 Å². The van der Waals surface area contributed by atoms with Crippen molar-refractivity contribution in [3.8, 4) is 0 Å². The van der Waals surface area contributed by atoms with Crippen LogP contribution in [0.3, 0.4) is 0 Å². The summed E-state index contributed by atoms with van der Waals surface area (Å²) in [5, 5.41) is 10.5. The molecular formula is C24H26FN7O4S. The van der Waals surface area contributed by atoms with Gasteiger partial charge < -0.3 is 19.5 Å². The maximum Gasteiger partial charge on any atom is 0.268 e. The van der Waals surface area contributed by atoms with E-state index < -0.39 is 27.1 Å². The van der Waals surface area contributed by atoms with E-state index in [9.17, 15) is 17.6 Å². The van der Waals surface area contributed by atoms with Gasteiger partial charge >= 0.3 is 0 Å². The predicted octanol–water partition coefficient (Wildman–Crippen LogP) is 2.00. The molecule has 1 aliphatic rings. The first kappa shape index (κ1) is 24.8. The molecule has 13 heteroatoms. The molecule has 1 amide bonds. The molecule has 1 atom stereocenters. The number of nitrogens with zero attached hydrogens (tertiary/aromatic N) is 5. The summed E-state index contributed by atoms with van der Waals surface area (Å²) in [6.07, 6.45) is 4.28. The van der Waals surface area contributed by atoms with Gasteiger partial charge in [-0.1, -0.05) is 0 Å².